The topological polar surface area (TPSA) is 25.2 Å². The van der Waals surface area contributed by atoms with Crippen LogP contribution in [-0.2, 0) is 6.42 Å². The van der Waals surface area contributed by atoms with Gasteiger partial charge in [-0.05, 0) is 37.9 Å². The molecular weight excluding hydrogens is 243 g/mol. The molecule has 1 atom stereocenters. The van der Waals surface area contributed by atoms with Gasteiger partial charge in [0.1, 0.15) is 5.76 Å². The fourth-order valence-corrected chi connectivity index (χ4v) is 1.96. The molecule has 1 heterocycles. The summed E-state index contributed by atoms with van der Waals surface area (Å²) in [5, 5.41) is 3.22. The molecule has 0 amide bonds. The zero-order chi connectivity index (χ0) is 13.4. The van der Waals surface area contributed by atoms with Gasteiger partial charge >= 0.3 is 6.18 Å². The van der Waals surface area contributed by atoms with Crippen molar-refractivity contribution in [3.8, 4) is 0 Å². The van der Waals surface area contributed by atoms with Gasteiger partial charge in [-0.3, -0.25) is 0 Å². The van der Waals surface area contributed by atoms with E-state index in [1.807, 2.05) is 19.1 Å². The molecule has 0 aromatic carbocycles. The molecule has 2 nitrogen and oxygen atoms in total. The second-order valence-electron chi connectivity index (χ2n) is 4.38. The molecule has 5 heteroatoms. The molecule has 0 fully saturated rings. The molecule has 0 saturated heterocycles. The predicted molar refractivity (Wildman–Crippen MR) is 64.4 cm³/mol. The van der Waals surface area contributed by atoms with Crippen LogP contribution in [0.2, 0.25) is 0 Å². The molecule has 1 N–H and O–H groups in total. The van der Waals surface area contributed by atoms with Gasteiger partial charge in [0.25, 0.3) is 0 Å². The Labute approximate surface area is 106 Å². The molecule has 0 spiro atoms. The summed E-state index contributed by atoms with van der Waals surface area (Å²) in [6.45, 7) is 2.73. The van der Waals surface area contributed by atoms with Crippen molar-refractivity contribution in [2.75, 3.05) is 6.54 Å². The lowest BCUT2D eigenvalue weighted by Gasteiger charge is -2.17. The standard InChI is InChI=1S/C13H20F3NO/c1-2-17-11(5-3-9-13(14,15)16)7-8-12-6-4-10-18-12/h4,6,10-11,17H,2-3,5,7-9H2,1H3. The highest BCUT2D eigenvalue weighted by Gasteiger charge is 2.26. The lowest BCUT2D eigenvalue weighted by Crippen LogP contribution is -2.29. The van der Waals surface area contributed by atoms with Crippen molar-refractivity contribution in [2.24, 2.45) is 0 Å². The van der Waals surface area contributed by atoms with E-state index in [-0.39, 0.29) is 12.5 Å². The minimum absolute atomic E-state index is 0.127. The number of halogens is 3. The van der Waals surface area contributed by atoms with E-state index in [9.17, 15) is 13.2 Å². The van der Waals surface area contributed by atoms with Crippen LogP contribution in [0.5, 0.6) is 0 Å². The van der Waals surface area contributed by atoms with E-state index in [0.29, 0.717) is 6.42 Å². The highest BCUT2D eigenvalue weighted by atomic mass is 19.4. The summed E-state index contributed by atoms with van der Waals surface area (Å²) in [7, 11) is 0. The Balaban J connectivity index is 2.26. The SMILES string of the molecule is CCNC(CCCC(F)(F)F)CCc1ccco1. The first kappa shape index (κ1) is 15.1. The summed E-state index contributed by atoms with van der Waals surface area (Å²) in [5.74, 6) is 0.883. The third-order valence-corrected chi connectivity index (χ3v) is 2.82. The van der Waals surface area contributed by atoms with Gasteiger partial charge in [0.15, 0.2) is 0 Å². The number of rotatable bonds is 8. The van der Waals surface area contributed by atoms with Gasteiger partial charge in [0.05, 0.1) is 6.26 Å². The Morgan fingerprint density at radius 1 is 1.33 bits per heavy atom. The third kappa shape index (κ3) is 6.69. The van der Waals surface area contributed by atoms with E-state index in [4.69, 9.17) is 4.42 Å². The first-order chi connectivity index (χ1) is 8.51. The third-order valence-electron chi connectivity index (χ3n) is 2.82. The van der Waals surface area contributed by atoms with Gasteiger partial charge in [-0.2, -0.15) is 13.2 Å². The second-order valence-corrected chi connectivity index (χ2v) is 4.38. The molecule has 1 unspecified atom stereocenters. The summed E-state index contributed by atoms with van der Waals surface area (Å²) in [6, 6.07) is 3.84. The molecule has 1 aromatic heterocycles. The molecule has 1 rings (SSSR count). The average molecular weight is 263 g/mol. The lowest BCUT2D eigenvalue weighted by molar-refractivity contribution is -0.135. The number of nitrogens with one attached hydrogen (secondary N) is 1. The van der Waals surface area contributed by atoms with Crippen LogP contribution in [0.4, 0.5) is 13.2 Å². The summed E-state index contributed by atoms with van der Waals surface area (Å²) < 4.78 is 41.4. The van der Waals surface area contributed by atoms with Crippen molar-refractivity contribution < 1.29 is 17.6 Å². The number of hydrogen-bond donors (Lipinski definition) is 1. The van der Waals surface area contributed by atoms with E-state index >= 15 is 0 Å². The first-order valence-electron chi connectivity index (χ1n) is 6.34. The van der Waals surface area contributed by atoms with Crippen LogP contribution in [0.1, 0.15) is 38.4 Å². The maximum Gasteiger partial charge on any atom is 0.389 e. The Bertz CT molecular complexity index is 309. The molecular formula is C13H20F3NO. The molecule has 0 aliphatic carbocycles. The lowest BCUT2D eigenvalue weighted by atomic mass is 10.0. The Kier molecular flexibility index (Phi) is 6.25. The summed E-state index contributed by atoms with van der Waals surface area (Å²) >= 11 is 0. The minimum Gasteiger partial charge on any atom is -0.469 e. The molecule has 0 saturated carbocycles. The number of alkyl halides is 3. The van der Waals surface area contributed by atoms with Gasteiger partial charge in [0, 0.05) is 18.9 Å². The fourth-order valence-electron chi connectivity index (χ4n) is 1.96. The quantitative estimate of drug-likeness (QED) is 0.769. The molecule has 1 aromatic rings. The summed E-state index contributed by atoms with van der Waals surface area (Å²) in [6.07, 6.45) is -0.835. The smallest absolute Gasteiger partial charge is 0.389 e. The Hall–Kier alpha value is -0.970. The van der Waals surface area contributed by atoms with Crippen LogP contribution in [0.25, 0.3) is 0 Å². The van der Waals surface area contributed by atoms with Crippen LogP contribution in [0.15, 0.2) is 22.8 Å². The van der Waals surface area contributed by atoms with Crippen molar-refractivity contribution >= 4 is 0 Å². The van der Waals surface area contributed by atoms with Gasteiger partial charge in [-0.1, -0.05) is 6.92 Å². The predicted octanol–water partition coefficient (Wildman–Crippen LogP) is 3.92. The van der Waals surface area contributed by atoms with E-state index in [0.717, 1.165) is 25.1 Å². The highest BCUT2D eigenvalue weighted by molar-refractivity contribution is 4.98. The monoisotopic (exact) mass is 263 g/mol. The van der Waals surface area contributed by atoms with Crippen molar-refractivity contribution in [1.29, 1.82) is 0 Å². The maximum absolute atomic E-state index is 12.1. The summed E-state index contributed by atoms with van der Waals surface area (Å²) in [4.78, 5) is 0. The molecule has 104 valence electrons. The maximum atomic E-state index is 12.1. The van der Waals surface area contributed by atoms with Crippen LogP contribution in [-0.4, -0.2) is 18.8 Å². The van der Waals surface area contributed by atoms with Crippen molar-refractivity contribution in [2.45, 2.75) is 51.2 Å². The minimum atomic E-state index is -4.04. The van der Waals surface area contributed by atoms with Crippen LogP contribution < -0.4 is 5.32 Å². The van der Waals surface area contributed by atoms with Crippen molar-refractivity contribution in [1.82, 2.24) is 5.32 Å². The zero-order valence-electron chi connectivity index (χ0n) is 10.6. The molecule has 0 aliphatic rings. The van der Waals surface area contributed by atoms with Crippen molar-refractivity contribution in [3.05, 3.63) is 24.2 Å². The van der Waals surface area contributed by atoms with Crippen molar-refractivity contribution in [3.63, 3.8) is 0 Å². The average Bonchev–Trinajstić information content (AvgIpc) is 2.77. The van der Waals surface area contributed by atoms with E-state index < -0.39 is 12.6 Å². The summed E-state index contributed by atoms with van der Waals surface area (Å²) in [5.41, 5.74) is 0. The van der Waals surface area contributed by atoms with Crippen LogP contribution >= 0.6 is 0 Å². The largest absolute Gasteiger partial charge is 0.469 e. The molecule has 0 bridgehead atoms. The Morgan fingerprint density at radius 2 is 2.11 bits per heavy atom. The normalized spacial score (nSPS) is 13.8. The first-order valence-corrected chi connectivity index (χ1v) is 6.34. The van der Waals surface area contributed by atoms with Gasteiger partial charge in [-0.15, -0.1) is 0 Å². The molecule has 0 radical (unpaired) electrons. The molecule has 18 heavy (non-hydrogen) atoms. The van der Waals surface area contributed by atoms with Gasteiger partial charge < -0.3 is 9.73 Å². The van der Waals surface area contributed by atoms with E-state index in [1.165, 1.54) is 0 Å². The van der Waals surface area contributed by atoms with Crippen LogP contribution in [0.3, 0.4) is 0 Å². The second kappa shape index (κ2) is 7.46. The Morgan fingerprint density at radius 3 is 2.67 bits per heavy atom. The molecule has 0 aliphatic heterocycles. The van der Waals surface area contributed by atoms with E-state index in [1.54, 1.807) is 6.26 Å². The fraction of sp³-hybridized carbons (Fsp3) is 0.692. The van der Waals surface area contributed by atoms with Gasteiger partial charge in [0.2, 0.25) is 0 Å². The number of furan rings is 1. The van der Waals surface area contributed by atoms with Gasteiger partial charge in [-0.25, -0.2) is 0 Å². The highest BCUT2D eigenvalue weighted by Crippen LogP contribution is 2.23. The number of aryl methyl sites for hydroxylation is 1. The number of hydrogen-bond acceptors (Lipinski definition) is 2. The van der Waals surface area contributed by atoms with Crippen LogP contribution in [0, 0.1) is 0 Å². The zero-order valence-corrected chi connectivity index (χ0v) is 10.6. The van der Waals surface area contributed by atoms with E-state index in [2.05, 4.69) is 5.32 Å².